The van der Waals surface area contributed by atoms with Gasteiger partial charge in [-0.15, -0.1) is 0 Å². The third-order valence-corrected chi connectivity index (χ3v) is 7.77. The van der Waals surface area contributed by atoms with Gasteiger partial charge in [-0.3, -0.25) is 4.79 Å². The first-order chi connectivity index (χ1) is 19.9. The number of hydrogen-bond donors (Lipinski definition) is 2. The molecule has 0 saturated carbocycles. The molecule has 2 aromatic heterocycles. The number of aromatic amines is 1. The van der Waals surface area contributed by atoms with E-state index in [1.54, 1.807) is 24.3 Å². The van der Waals surface area contributed by atoms with Crippen molar-refractivity contribution in [3.63, 3.8) is 0 Å². The van der Waals surface area contributed by atoms with E-state index in [4.69, 9.17) is 20.8 Å². The quantitative estimate of drug-likeness (QED) is 0.0790. The van der Waals surface area contributed by atoms with Gasteiger partial charge in [-0.05, 0) is 51.6 Å². The molecule has 0 fully saturated rings. The fourth-order valence-electron chi connectivity index (χ4n) is 4.59. The molecule has 6 rings (SSSR count). The lowest BCUT2D eigenvalue weighted by atomic mass is 9.99. The van der Waals surface area contributed by atoms with Gasteiger partial charge in [0.25, 0.3) is 5.91 Å². The van der Waals surface area contributed by atoms with E-state index in [1.165, 1.54) is 18.5 Å². The topological polar surface area (TPSA) is 96.7 Å². The zero-order valence-corrected chi connectivity index (χ0v) is 24.9. The molecule has 4 aromatic carbocycles. The normalized spacial score (nSPS) is 11.4. The van der Waals surface area contributed by atoms with Crippen LogP contribution in [0.1, 0.15) is 26.6 Å². The highest BCUT2D eigenvalue weighted by atomic mass is 79.9. The summed E-state index contributed by atoms with van der Waals surface area (Å²) in [6, 6.07) is 25.8. The lowest BCUT2D eigenvalue weighted by Crippen LogP contribution is -2.19. The van der Waals surface area contributed by atoms with E-state index in [1.807, 2.05) is 54.6 Å². The zero-order chi connectivity index (χ0) is 28.5. The number of hydrogen-bond acceptors (Lipinski definition) is 5. The van der Waals surface area contributed by atoms with Crippen molar-refractivity contribution in [1.82, 2.24) is 10.4 Å². The average molecular weight is 692 g/mol. The maximum Gasteiger partial charge on any atom is 0.379 e. The molecule has 41 heavy (non-hydrogen) atoms. The minimum atomic E-state index is -0.675. The summed E-state index contributed by atoms with van der Waals surface area (Å²) in [6.45, 7) is 0. The molecule has 0 radical (unpaired) electrons. The largest absolute Gasteiger partial charge is 0.457 e. The first-order valence-corrected chi connectivity index (χ1v) is 14.2. The Labute approximate surface area is 255 Å². The molecule has 1 amide bonds. The zero-order valence-electron chi connectivity index (χ0n) is 21.0. The van der Waals surface area contributed by atoms with E-state index in [0.29, 0.717) is 36.4 Å². The first-order valence-electron chi connectivity index (χ1n) is 12.3. The summed E-state index contributed by atoms with van der Waals surface area (Å²) in [7, 11) is 0. The van der Waals surface area contributed by atoms with E-state index in [-0.39, 0.29) is 11.5 Å². The van der Waals surface area contributed by atoms with E-state index in [2.05, 4.69) is 47.4 Å². The second-order valence-electron chi connectivity index (χ2n) is 8.94. The van der Waals surface area contributed by atoms with Gasteiger partial charge in [0.2, 0.25) is 5.76 Å². The number of furan rings is 1. The van der Waals surface area contributed by atoms with Crippen LogP contribution in [0.25, 0.3) is 32.8 Å². The molecule has 7 nitrogen and oxygen atoms in total. The molecule has 0 bridgehead atoms. The maximum absolute atomic E-state index is 13.6. The number of amides is 1. The van der Waals surface area contributed by atoms with Crippen LogP contribution in [0.15, 0.2) is 110 Å². The number of carbonyl (C=O) groups excluding carboxylic acids is 2. The van der Waals surface area contributed by atoms with Crippen LogP contribution in [-0.2, 0) is 0 Å². The third kappa shape index (κ3) is 5.31. The molecule has 10 heteroatoms. The van der Waals surface area contributed by atoms with E-state index in [0.717, 1.165) is 21.7 Å². The molecule has 2 heterocycles. The number of H-pyrrole nitrogens is 1. The van der Waals surface area contributed by atoms with Crippen LogP contribution >= 0.6 is 43.5 Å². The second kappa shape index (κ2) is 11.4. The van der Waals surface area contributed by atoms with Gasteiger partial charge in [0.05, 0.1) is 22.5 Å². The number of esters is 1. The number of nitrogens with zero attached hydrogens (tertiary/aromatic N) is 1. The SMILES string of the molecule is O=C(Oc1c(Br)cc(Br)cc1C=NNC(=O)c1[nH]c2c(ccc3ccccc32)c1-c1ccccc1Cl)c1ccco1. The summed E-state index contributed by atoms with van der Waals surface area (Å²) in [5.74, 6) is -0.887. The molecule has 6 aromatic rings. The van der Waals surface area contributed by atoms with Crippen molar-refractivity contribution in [1.29, 1.82) is 0 Å². The number of aromatic nitrogens is 1. The highest BCUT2D eigenvalue weighted by Crippen LogP contribution is 2.39. The van der Waals surface area contributed by atoms with Crippen molar-refractivity contribution >= 4 is 83.2 Å². The Balaban J connectivity index is 1.37. The summed E-state index contributed by atoms with van der Waals surface area (Å²) in [4.78, 5) is 29.4. The highest BCUT2D eigenvalue weighted by Gasteiger charge is 2.22. The Bertz CT molecular complexity index is 1980. The van der Waals surface area contributed by atoms with Crippen LogP contribution in [0.2, 0.25) is 5.02 Å². The number of carbonyl (C=O) groups is 2. The monoisotopic (exact) mass is 689 g/mol. The summed E-state index contributed by atoms with van der Waals surface area (Å²) >= 11 is 13.4. The van der Waals surface area contributed by atoms with Crippen LogP contribution in [-0.4, -0.2) is 23.1 Å². The number of hydrazone groups is 1. The smallest absolute Gasteiger partial charge is 0.379 e. The van der Waals surface area contributed by atoms with Crippen molar-refractivity contribution in [2.24, 2.45) is 5.10 Å². The molecule has 0 aliphatic rings. The maximum atomic E-state index is 13.6. The molecule has 0 aliphatic heterocycles. The van der Waals surface area contributed by atoms with Crippen LogP contribution in [0.3, 0.4) is 0 Å². The summed E-state index contributed by atoms with van der Waals surface area (Å²) in [6.07, 6.45) is 2.78. The van der Waals surface area contributed by atoms with Crippen molar-refractivity contribution in [3.05, 3.63) is 122 Å². The molecule has 202 valence electrons. The van der Waals surface area contributed by atoms with Crippen LogP contribution in [0.5, 0.6) is 5.75 Å². The molecule has 0 spiro atoms. The third-order valence-electron chi connectivity index (χ3n) is 6.39. The summed E-state index contributed by atoms with van der Waals surface area (Å²) in [5, 5.41) is 7.57. The van der Waals surface area contributed by atoms with Gasteiger partial charge in [-0.2, -0.15) is 5.10 Å². The number of halogens is 3. The molecule has 0 saturated heterocycles. The molecule has 0 unspecified atom stereocenters. The predicted molar refractivity (Wildman–Crippen MR) is 167 cm³/mol. The van der Waals surface area contributed by atoms with Crippen molar-refractivity contribution in [2.45, 2.75) is 0 Å². The number of benzene rings is 4. The Morgan fingerprint density at radius 2 is 1.76 bits per heavy atom. The first kappa shape index (κ1) is 27.0. The summed E-state index contributed by atoms with van der Waals surface area (Å²) < 4.78 is 11.9. The van der Waals surface area contributed by atoms with E-state index in [9.17, 15) is 9.59 Å². The number of fused-ring (bicyclic) bond motifs is 3. The summed E-state index contributed by atoms with van der Waals surface area (Å²) in [5.41, 5.74) is 5.54. The van der Waals surface area contributed by atoms with Gasteiger partial charge in [0.1, 0.15) is 5.69 Å². The molecular formula is C31H18Br2ClN3O4. The fourth-order valence-corrected chi connectivity index (χ4v) is 6.16. The Morgan fingerprint density at radius 1 is 0.951 bits per heavy atom. The number of ether oxygens (including phenoxy) is 1. The number of rotatable bonds is 6. The molecule has 2 N–H and O–H groups in total. The molecule has 0 atom stereocenters. The lowest BCUT2D eigenvalue weighted by molar-refractivity contribution is 0.0699. The average Bonchev–Trinajstić information content (AvgIpc) is 3.64. The number of nitrogens with one attached hydrogen (secondary N) is 2. The Morgan fingerprint density at radius 3 is 2.56 bits per heavy atom. The standard InChI is InChI=1S/C31H18Br2ClN3O4/c32-19-14-18(29(23(33)15-19)41-31(39)25-10-5-13-40-25)16-35-37-30(38)28-26(21-8-3-4-9-24(21)34)22-12-11-17-6-1-2-7-20(17)27(22)36-28/h1-16,36H,(H,37,38). The second-order valence-corrected chi connectivity index (χ2v) is 11.1. The van der Waals surface area contributed by atoms with Crippen LogP contribution in [0, 0.1) is 0 Å². The molecular weight excluding hydrogens is 674 g/mol. The van der Waals surface area contributed by atoms with Gasteiger partial charge in [0.15, 0.2) is 5.75 Å². The van der Waals surface area contributed by atoms with Gasteiger partial charge < -0.3 is 14.1 Å². The van der Waals surface area contributed by atoms with Gasteiger partial charge in [-0.1, -0.05) is 82.1 Å². The van der Waals surface area contributed by atoms with Crippen molar-refractivity contribution in [3.8, 4) is 16.9 Å². The minimum absolute atomic E-state index is 0.0504. The highest BCUT2D eigenvalue weighted by molar-refractivity contribution is 9.11. The fraction of sp³-hybridized carbons (Fsp3) is 0. The van der Waals surface area contributed by atoms with Crippen molar-refractivity contribution in [2.75, 3.05) is 0 Å². The van der Waals surface area contributed by atoms with Gasteiger partial charge in [0, 0.05) is 37.0 Å². The van der Waals surface area contributed by atoms with Crippen molar-refractivity contribution < 1.29 is 18.7 Å². The van der Waals surface area contributed by atoms with Gasteiger partial charge in [-0.25, -0.2) is 10.2 Å². The lowest BCUT2D eigenvalue weighted by Gasteiger charge is -2.10. The van der Waals surface area contributed by atoms with E-state index >= 15 is 0 Å². The Kier molecular flexibility index (Phi) is 7.49. The predicted octanol–water partition coefficient (Wildman–Crippen LogP) is 8.74. The Hall–Kier alpha value is -4.18. The van der Waals surface area contributed by atoms with Crippen LogP contribution in [0.4, 0.5) is 0 Å². The van der Waals surface area contributed by atoms with Crippen LogP contribution < -0.4 is 10.2 Å². The minimum Gasteiger partial charge on any atom is -0.457 e. The molecule has 0 aliphatic carbocycles. The van der Waals surface area contributed by atoms with Gasteiger partial charge >= 0.3 is 5.97 Å². The van der Waals surface area contributed by atoms with E-state index < -0.39 is 11.9 Å².